The van der Waals surface area contributed by atoms with E-state index in [0.717, 1.165) is 0 Å². The third kappa shape index (κ3) is 3.70. The fraction of sp³-hybridized carbons (Fsp3) is 0.100. The smallest absolute Gasteiger partial charge is 0.296 e. The maximum absolute atomic E-state index is 11.2. The molecule has 0 unspecified atom stereocenters. The third-order valence-corrected chi connectivity index (χ3v) is 3.71. The van der Waals surface area contributed by atoms with Gasteiger partial charge in [-0.25, -0.2) is 0 Å². The first-order valence-corrected chi connectivity index (χ1v) is 7.58. The number of nitrogens with one attached hydrogen (secondary N) is 1. The van der Waals surface area contributed by atoms with Crippen LogP contribution in [0.5, 0.6) is 0 Å². The van der Waals surface area contributed by atoms with E-state index in [0.29, 0.717) is 11.3 Å². The van der Waals surface area contributed by atoms with E-state index in [-0.39, 0.29) is 27.1 Å². The van der Waals surface area contributed by atoms with Gasteiger partial charge in [-0.3, -0.25) is 4.55 Å². The summed E-state index contributed by atoms with van der Waals surface area (Å²) < 4.78 is 31.4. The lowest BCUT2D eigenvalue weighted by Gasteiger charge is -2.11. The van der Waals surface area contributed by atoms with Gasteiger partial charge >= 0.3 is 0 Å². The zero-order valence-electron chi connectivity index (χ0n) is 10.5. The summed E-state index contributed by atoms with van der Waals surface area (Å²) in [6.07, 6.45) is 0. The topological polar surface area (TPSA) is 131 Å². The Balaban J connectivity index is 2.44. The van der Waals surface area contributed by atoms with Crippen molar-refractivity contribution < 1.29 is 13.0 Å². The largest absolute Gasteiger partial charge is 0.398 e. The molecule has 2 rings (SSSR count). The Labute approximate surface area is 130 Å². The molecule has 1 aromatic heterocycles. The highest BCUT2D eigenvalue weighted by Crippen LogP contribution is 2.28. The minimum absolute atomic E-state index is 0.0714. The van der Waals surface area contributed by atoms with E-state index in [1.165, 1.54) is 12.1 Å². The molecule has 0 atom stereocenters. The first-order chi connectivity index (χ1) is 9.66. The molecule has 0 bridgehead atoms. The molecule has 0 amide bonds. The number of aryl methyl sites for hydroxylation is 1. The van der Waals surface area contributed by atoms with Crippen molar-refractivity contribution in [1.82, 2.24) is 15.0 Å². The molecule has 1 aromatic carbocycles. The lowest BCUT2D eigenvalue weighted by Crippen LogP contribution is -2.06. The van der Waals surface area contributed by atoms with Gasteiger partial charge in [-0.2, -0.15) is 23.4 Å². The number of aromatic nitrogens is 3. The van der Waals surface area contributed by atoms with Crippen LogP contribution in [0.1, 0.15) is 5.56 Å². The summed E-state index contributed by atoms with van der Waals surface area (Å²) in [4.78, 5) is 10.8. The maximum atomic E-state index is 11.2. The molecule has 0 radical (unpaired) electrons. The number of hydrogen-bond donors (Lipinski definition) is 3. The van der Waals surface area contributed by atoms with Crippen LogP contribution in [0.15, 0.2) is 17.0 Å². The van der Waals surface area contributed by atoms with Crippen LogP contribution in [0, 0.1) is 6.92 Å². The van der Waals surface area contributed by atoms with Crippen molar-refractivity contribution in [2.24, 2.45) is 0 Å². The summed E-state index contributed by atoms with van der Waals surface area (Å²) in [5.74, 6) is 0.0714. The number of benzene rings is 1. The first kappa shape index (κ1) is 15.7. The highest BCUT2D eigenvalue weighted by Gasteiger charge is 2.16. The zero-order valence-corrected chi connectivity index (χ0v) is 12.8. The molecular weight excluding hydrogens is 341 g/mol. The summed E-state index contributed by atoms with van der Waals surface area (Å²) >= 11 is 11.3. The van der Waals surface area contributed by atoms with Crippen molar-refractivity contribution in [3.8, 4) is 0 Å². The van der Waals surface area contributed by atoms with E-state index >= 15 is 0 Å². The molecule has 0 saturated heterocycles. The number of halogens is 2. The molecule has 0 fully saturated rings. The van der Waals surface area contributed by atoms with Gasteiger partial charge in [-0.05, 0) is 47.8 Å². The van der Waals surface area contributed by atoms with E-state index in [4.69, 9.17) is 33.5 Å². The van der Waals surface area contributed by atoms with Gasteiger partial charge in [0.05, 0.1) is 5.69 Å². The minimum Gasteiger partial charge on any atom is -0.398 e. The zero-order chi connectivity index (χ0) is 15.8. The van der Waals surface area contributed by atoms with E-state index in [2.05, 4.69) is 20.3 Å². The van der Waals surface area contributed by atoms with Crippen LogP contribution in [0.25, 0.3) is 0 Å². The fourth-order valence-corrected chi connectivity index (χ4v) is 2.60. The van der Waals surface area contributed by atoms with Crippen LogP contribution in [-0.2, 0) is 10.1 Å². The van der Waals surface area contributed by atoms with Gasteiger partial charge in [0.15, 0.2) is 0 Å². The molecule has 2 aromatic rings. The van der Waals surface area contributed by atoms with Crippen LogP contribution >= 0.6 is 23.2 Å². The molecule has 112 valence electrons. The molecule has 0 aliphatic rings. The Morgan fingerprint density at radius 2 is 1.76 bits per heavy atom. The molecule has 21 heavy (non-hydrogen) atoms. The Hall–Kier alpha value is -1.68. The van der Waals surface area contributed by atoms with Crippen molar-refractivity contribution in [3.63, 3.8) is 0 Å². The maximum Gasteiger partial charge on any atom is 0.296 e. The highest BCUT2D eigenvalue weighted by molar-refractivity contribution is 7.86. The van der Waals surface area contributed by atoms with Crippen LogP contribution in [0.2, 0.25) is 10.6 Å². The van der Waals surface area contributed by atoms with Crippen LogP contribution < -0.4 is 11.1 Å². The third-order valence-electron chi connectivity index (χ3n) is 2.46. The Morgan fingerprint density at radius 1 is 1.19 bits per heavy atom. The van der Waals surface area contributed by atoms with Gasteiger partial charge < -0.3 is 11.1 Å². The lowest BCUT2D eigenvalue weighted by atomic mass is 10.2. The lowest BCUT2D eigenvalue weighted by molar-refractivity contribution is 0.483. The first-order valence-electron chi connectivity index (χ1n) is 5.38. The standard InChI is InChI=1S/C10H9Cl2N5O3S/c1-4-2-7(21(18,19)20)5(13)3-6(4)14-10-16-8(11)15-9(12)17-10/h2-3H,13H2,1H3,(H,18,19,20)(H,14,15,16,17). The Bertz CT molecular complexity index is 792. The molecule has 0 spiro atoms. The molecule has 8 nitrogen and oxygen atoms in total. The highest BCUT2D eigenvalue weighted by atomic mass is 35.5. The van der Waals surface area contributed by atoms with Crippen LogP contribution in [0.4, 0.5) is 17.3 Å². The van der Waals surface area contributed by atoms with Gasteiger partial charge in [0.25, 0.3) is 10.1 Å². The number of anilines is 3. The van der Waals surface area contributed by atoms with Crippen molar-refractivity contribution in [3.05, 3.63) is 28.3 Å². The average molecular weight is 350 g/mol. The summed E-state index contributed by atoms with van der Waals surface area (Å²) in [7, 11) is -4.40. The molecule has 4 N–H and O–H groups in total. The van der Waals surface area contributed by atoms with Gasteiger partial charge in [-0.1, -0.05) is 0 Å². The average Bonchev–Trinajstić information content (AvgIpc) is 2.30. The second kappa shape index (κ2) is 5.60. The van der Waals surface area contributed by atoms with Gasteiger partial charge in [0.2, 0.25) is 16.5 Å². The molecule has 0 aliphatic carbocycles. The van der Waals surface area contributed by atoms with Gasteiger partial charge in [-0.15, -0.1) is 0 Å². The van der Waals surface area contributed by atoms with Crippen molar-refractivity contribution in [1.29, 1.82) is 0 Å². The van der Waals surface area contributed by atoms with E-state index < -0.39 is 10.1 Å². The number of nitrogens with two attached hydrogens (primary N) is 1. The predicted molar refractivity (Wildman–Crippen MR) is 78.5 cm³/mol. The number of nitrogens with zero attached hydrogens (tertiary/aromatic N) is 3. The minimum atomic E-state index is -4.40. The molecule has 11 heteroatoms. The van der Waals surface area contributed by atoms with Crippen LogP contribution in [-0.4, -0.2) is 27.9 Å². The van der Waals surface area contributed by atoms with Crippen molar-refractivity contribution in [2.45, 2.75) is 11.8 Å². The monoisotopic (exact) mass is 349 g/mol. The Kier molecular flexibility index (Phi) is 4.19. The second-order valence-corrected chi connectivity index (χ2v) is 6.07. The molecular formula is C10H9Cl2N5O3S. The fourth-order valence-electron chi connectivity index (χ4n) is 1.56. The quantitative estimate of drug-likeness (QED) is 0.566. The molecule has 0 saturated carbocycles. The van der Waals surface area contributed by atoms with E-state index in [1.807, 2.05) is 0 Å². The summed E-state index contributed by atoms with van der Waals surface area (Å²) in [6.45, 7) is 1.61. The number of hydrogen-bond acceptors (Lipinski definition) is 7. The predicted octanol–water partition coefficient (Wildman–Crippen LogP) is 2.06. The Morgan fingerprint density at radius 3 is 2.29 bits per heavy atom. The molecule has 1 heterocycles. The second-order valence-electron chi connectivity index (χ2n) is 4.00. The van der Waals surface area contributed by atoms with E-state index in [1.54, 1.807) is 6.92 Å². The molecule has 0 aliphatic heterocycles. The van der Waals surface area contributed by atoms with Crippen LogP contribution in [0.3, 0.4) is 0 Å². The normalized spacial score (nSPS) is 11.4. The summed E-state index contributed by atoms with van der Waals surface area (Å²) in [5.41, 5.74) is 6.40. The van der Waals surface area contributed by atoms with Gasteiger partial charge in [0, 0.05) is 5.69 Å². The van der Waals surface area contributed by atoms with Crippen molar-refractivity contribution >= 4 is 50.6 Å². The SMILES string of the molecule is Cc1cc(S(=O)(=O)O)c(N)cc1Nc1nc(Cl)nc(Cl)n1. The number of nitrogen functional groups attached to an aromatic ring is 1. The summed E-state index contributed by atoms with van der Waals surface area (Å²) in [6, 6.07) is 2.54. The van der Waals surface area contributed by atoms with E-state index in [9.17, 15) is 8.42 Å². The van der Waals surface area contributed by atoms with Gasteiger partial charge in [0.1, 0.15) is 4.90 Å². The summed E-state index contributed by atoms with van der Waals surface area (Å²) in [5, 5.41) is 2.59. The van der Waals surface area contributed by atoms with Crippen molar-refractivity contribution in [2.75, 3.05) is 11.1 Å². The number of rotatable bonds is 3.